The Balaban J connectivity index is 2.42. The Hall–Kier alpha value is -0.310. The summed E-state index contributed by atoms with van der Waals surface area (Å²) in [6.07, 6.45) is 2.61. The molecule has 0 spiro atoms. The van der Waals surface area contributed by atoms with Crippen LogP contribution in [-0.4, -0.2) is 29.1 Å². The Bertz CT molecular complexity index is 216. The lowest BCUT2D eigenvalue weighted by molar-refractivity contribution is 0.204. The second kappa shape index (κ2) is 5.69. The van der Waals surface area contributed by atoms with Crippen LogP contribution in [0.5, 0.6) is 0 Å². The first-order valence-electron chi connectivity index (χ1n) is 6.05. The predicted octanol–water partition coefficient (Wildman–Crippen LogP) is 2.64. The van der Waals surface area contributed by atoms with Crippen molar-refractivity contribution in [2.75, 3.05) is 13.1 Å². The number of rotatable bonds is 2. The first kappa shape index (κ1) is 12.8. The molecule has 0 aromatic carbocycles. The average Bonchev–Trinajstić information content (AvgIpc) is 2.18. The van der Waals surface area contributed by atoms with Gasteiger partial charge < -0.3 is 10.2 Å². The molecule has 1 rings (SSSR count). The predicted molar refractivity (Wildman–Crippen MR) is 70.0 cm³/mol. The molecule has 0 saturated carbocycles. The van der Waals surface area contributed by atoms with Gasteiger partial charge in [-0.25, -0.2) is 0 Å². The molecule has 1 heterocycles. The van der Waals surface area contributed by atoms with E-state index in [-0.39, 0.29) is 0 Å². The minimum atomic E-state index is 0.605. The lowest BCUT2D eigenvalue weighted by Crippen LogP contribution is -2.50. The number of likely N-dealkylation sites (tertiary alicyclic amines) is 1. The van der Waals surface area contributed by atoms with Crippen molar-refractivity contribution in [3.8, 4) is 0 Å². The quantitative estimate of drug-likeness (QED) is 0.732. The highest BCUT2D eigenvalue weighted by molar-refractivity contribution is 7.80. The molecule has 0 amide bonds. The normalized spacial score (nSPS) is 26.9. The average molecular weight is 228 g/mol. The summed E-state index contributed by atoms with van der Waals surface area (Å²) in [5, 5.41) is 4.31. The summed E-state index contributed by atoms with van der Waals surface area (Å²) < 4.78 is 0. The Morgan fingerprint density at radius 3 is 2.67 bits per heavy atom. The van der Waals surface area contributed by atoms with Crippen molar-refractivity contribution in [3.05, 3.63) is 0 Å². The van der Waals surface area contributed by atoms with E-state index in [4.69, 9.17) is 12.2 Å². The SMILES string of the molecule is CC(C)CNC(=S)N1CC(C)CCC1C. The fourth-order valence-corrected chi connectivity index (χ4v) is 2.30. The topological polar surface area (TPSA) is 15.3 Å². The molecule has 0 aromatic rings. The monoisotopic (exact) mass is 228 g/mol. The van der Waals surface area contributed by atoms with Crippen molar-refractivity contribution in [1.29, 1.82) is 0 Å². The van der Waals surface area contributed by atoms with Crippen LogP contribution >= 0.6 is 12.2 Å². The van der Waals surface area contributed by atoms with Gasteiger partial charge in [0.15, 0.2) is 5.11 Å². The summed E-state index contributed by atoms with van der Waals surface area (Å²) in [6, 6.07) is 0.605. The van der Waals surface area contributed by atoms with Crippen LogP contribution in [0.3, 0.4) is 0 Å². The summed E-state index contributed by atoms with van der Waals surface area (Å²) >= 11 is 5.44. The molecule has 2 unspecified atom stereocenters. The lowest BCUT2D eigenvalue weighted by Gasteiger charge is -2.38. The molecule has 2 atom stereocenters. The van der Waals surface area contributed by atoms with Crippen LogP contribution in [0.4, 0.5) is 0 Å². The first-order chi connectivity index (χ1) is 7.00. The highest BCUT2D eigenvalue weighted by Gasteiger charge is 2.24. The van der Waals surface area contributed by atoms with Gasteiger partial charge in [0.2, 0.25) is 0 Å². The number of hydrogen-bond donors (Lipinski definition) is 1. The summed E-state index contributed by atoms with van der Waals surface area (Å²) in [5.41, 5.74) is 0. The summed E-state index contributed by atoms with van der Waals surface area (Å²) in [5.74, 6) is 1.43. The molecule has 1 aliphatic heterocycles. The Kier molecular flexibility index (Phi) is 4.84. The van der Waals surface area contributed by atoms with E-state index >= 15 is 0 Å². The highest BCUT2D eigenvalue weighted by Crippen LogP contribution is 2.21. The van der Waals surface area contributed by atoms with Crippen LogP contribution in [0.2, 0.25) is 0 Å². The van der Waals surface area contributed by atoms with Crippen LogP contribution in [0, 0.1) is 11.8 Å². The lowest BCUT2D eigenvalue weighted by atomic mass is 9.95. The van der Waals surface area contributed by atoms with Gasteiger partial charge in [0.25, 0.3) is 0 Å². The van der Waals surface area contributed by atoms with Crippen molar-refractivity contribution in [1.82, 2.24) is 10.2 Å². The van der Waals surface area contributed by atoms with Crippen molar-refractivity contribution in [3.63, 3.8) is 0 Å². The number of nitrogens with one attached hydrogen (secondary N) is 1. The van der Waals surface area contributed by atoms with E-state index in [9.17, 15) is 0 Å². The third-order valence-corrected chi connectivity index (χ3v) is 3.42. The second-order valence-electron chi connectivity index (χ2n) is 5.26. The molecule has 88 valence electrons. The molecular formula is C12H24N2S. The van der Waals surface area contributed by atoms with Crippen LogP contribution in [0.1, 0.15) is 40.5 Å². The highest BCUT2D eigenvalue weighted by atomic mass is 32.1. The molecule has 1 N–H and O–H groups in total. The Morgan fingerprint density at radius 1 is 1.40 bits per heavy atom. The van der Waals surface area contributed by atoms with Gasteiger partial charge >= 0.3 is 0 Å². The first-order valence-corrected chi connectivity index (χ1v) is 6.46. The molecule has 1 fully saturated rings. The van der Waals surface area contributed by atoms with E-state index in [0.717, 1.165) is 24.1 Å². The number of hydrogen-bond acceptors (Lipinski definition) is 1. The third-order valence-electron chi connectivity index (χ3n) is 3.04. The molecule has 0 bridgehead atoms. The van der Waals surface area contributed by atoms with Gasteiger partial charge in [-0.1, -0.05) is 20.8 Å². The van der Waals surface area contributed by atoms with Gasteiger partial charge in [-0.15, -0.1) is 0 Å². The second-order valence-corrected chi connectivity index (χ2v) is 5.65. The fourth-order valence-electron chi connectivity index (χ4n) is 1.96. The minimum absolute atomic E-state index is 0.605. The van der Waals surface area contributed by atoms with E-state index in [1.807, 2.05) is 0 Å². The molecule has 1 aliphatic rings. The summed E-state index contributed by atoms with van der Waals surface area (Å²) in [7, 11) is 0. The molecule has 1 saturated heterocycles. The molecule has 15 heavy (non-hydrogen) atoms. The van der Waals surface area contributed by atoms with Gasteiger partial charge in [-0.3, -0.25) is 0 Å². The van der Waals surface area contributed by atoms with E-state index in [2.05, 4.69) is 37.9 Å². The third kappa shape index (κ3) is 3.98. The Morgan fingerprint density at radius 2 is 2.07 bits per heavy atom. The van der Waals surface area contributed by atoms with Crippen molar-refractivity contribution in [2.45, 2.75) is 46.6 Å². The number of thiocarbonyl (C=S) groups is 1. The maximum Gasteiger partial charge on any atom is 0.169 e. The molecule has 2 nitrogen and oxygen atoms in total. The van der Waals surface area contributed by atoms with Gasteiger partial charge in [0, 0.05) is 19.1 Å². The van der Waals surface area contributed by atoms with Crippen molar-refractivity contribution in [2.24, 2.45) is 11.8 Å². The molecular weight excluding hydrogens is 204 g/mol. The Labute approximate surface area is 99.4 Å². The smallest absolute Gasteiger partial charge is 0.169 e. The van der Waals surface area contributed by atoms with Crippen LogP contribution in [-0.2, 0) is 0 Å². The van der Waals surface area contributed by atoms with E-state index in [0.29, 0.717) is 12.0 Å². The molecule has 0 aliphatic carbocycles. The van der Waals surface area contributed by atoms with Crippen molar-refractivity contribution >= 4 is 17.3 Å². The minimum Gasteiger partial charge on any atom is -0.362 e. The van der Waals surface area contributed by atoms with E-state index in [1.54, 1.807) is 0 Å². The summed E-state index contributed by atoms with van der Waals surface area (Å²) in [6.45, 7) is 11.1. The van der Waals surface area contributed by atoms with Gasteiger partial charge in [0.1, 0.15) is 0 Å². The zero-order valence-corrected chi connectivity index (χ0v) is 11.2. The largest absolute Gasteiger partial charge is 0.362 e. The summed E-state index contributed by atoms with van der Waals surface area (Å²) in [4.78, 5) is 2.35. The zero-order valence-electron chi connectivity index (χ0n) is 10.4. The maximum atomic E-state index is 5.44. The van der Waals surface area contributed by atoms with Crippen LogP contribution in [0.25, 0.3) is 0 Å². The zero-order chi connectivity index (χ0) is 11.4. The van der Waals surface area contributed by atoms with E-state index in [1.165, 1.54) is 12.8 Å². The number of nitrogens with zero attached hydrogens (tertiary/aromatic N) is 1. The molecule has 0 radical (unpaired) electrons. The maximum absolute atomic E-state index is 5.44. The van der Waals surface area contributed by atoms with E-state index < -0.39 is 0 Å². The van der Waals surface area contributed by atoms with Gasteiger partial charge in [-0.05, 0) is 43.8 Å². The molecule has 0 aromatic heterocycles. The van der Waals surface area contributed by atoms with Crippen LogP contribution in [0.15, 0.2) is 0 Å². The van der Waals surface area contributed by atoms with Crippen LogP contribution < -0.4 is 5.32 Å². The molecule has 3 heteroatoms. The standard InChI is InChI=1S/C12H24N2S/c1-9(2)7-13-12(15)14-8-10(3)5-6-11(14)4/h9-11H,5-8H2,1-4H3,(H,13,15). The fraction of sp³-hybridized carbons (Fsp3) is 0.917. The van der Waals surface area contributed by atoms with Gasteiger partial charge in [-0.2, -0.15) is 0 Å². The van der Waals surface area contributed by atoms with Crippen molar-refractivity contribution < 1.29 is 0 Å². The number of piperidine rings is 1. The van der Waals surface area contributed by atoms with Gasteiger partial charge in [0.05, 0.1) is 0 Å².